The summed E-state index contributed by atoms with van der Waals surface area (Å²) in [6.07, 6.45) is 17.0. The molecule has 1 aliphatic carbocycles. The van der Waals surface area contributed by atoms with E-state index in [1.807, 2.05) is 6.08 Å². The normalized spacial score (nSPS) is 30.1. The third-order valence-corrected chi connectivity index (χ3v) is 5.21. The van der Waals surface area contributed by atoms with E-state index in [0.717, 1.165) is 32.1 Å². The summed E-state index contributed by atoms with van der Waals surface area (Å²) in [7, 11) is 0. The SMILES string of the molecule is CCCCCC(O)/C=C/C1C2CC(O2)C1C/C=C/CCCC(=O)O. The third kappa shape index (κ3) is 5.75. The molecule has 3 rings (SSSR count). The van der Waals surface area contributed by atoms with Gasteiger partial charge in [-0.05, 0) is 31.6 Å². The molecule has 0 aromatic carbocycles. The average Bonchev–Trinajstić information content (AvgIpc) is 3.01. The maximum atomic E-state index is 10.5. The Morgan fingerprint density at radius 1 is 1.25 bits per heavy atom. The van der Waals surface area contributed by atoms with Crippen molar-refractivity contribution < 1.29 is 19.7 Å². The van der Waals surface area contributed by atoms with Gasteiger partial charge in [-0.25, -0.2) is 0 Å². The van der Waals surface area contributed by atoms with Gasteiger partial charge in [0.05, 0.1) is 18.3 Å². The quantitative estimate of drug-likeness (QED) is 0.416. The first-order chi connectivity index (χ1) is 11.6. The Hall–Kier alpha value is -1.13. The highest BCUT2D eigenvalue weighted by molar-refractivity contribution is 5.66. The van der Waals surface area contributed by atoms with Gasteiger partial charge in [0.2, 0.25) is 0 Å². The average molecular weight is 336 g/mol. The van der Waals surface area contributed by atoms with Crippen molar-refractivity contribution >= 4 is 5.97 Å². The Morgan fingerprint density at radius 2 is 2.04 bits per heavy atom. The van der Waals surface area contributed by atoms with Crippen molar-refractivity contribution in [2.45, 2.75) is 83.0 Å². The van der Waals surface area contributed by atoms with Crippen molar-refractivity contribution in [1.29, 1.82) is 0 Å². The molecular weight excluding hydrogens is 304 g/mol. The van der Waals surface area contributed by atoms with Crippen molar-refractivity contribution in [3.8, 4) is 0 Å². The van der Waals surface area contributed by atoms with Crippen molar-refractivity contribution in [2.75, 3.05) is 0 Å². The lowest BCUT2D eigenvalue weighted by molar-refractivity contribution is -0.137. The molecule has 4 nitrogen and oxygen atoms in total. The van der Waals surface area contributed by atoms with Crippen molar-refractivity contribution in [1.82, 2.24) is 0 Å². The maximum absolute atomic E-state index is 10.5. The van der Waals surface area contributed by atoms with Crippen LogP contribution in [0.2, 0.25) is 0 Å². The second-order valence-electron chi connectivity index (χ2n) is 7.13. The van der Waals surface area contributed by atoms with E-state index in [1.54, 1.807) is 0 Å². The van der Waals surface area contributed by atoms with Gasteiger partial charge in [-0.3, -0.25) is 4.79 Å². The van der Waals surface area contributed by atoms with Crippen LogP contribution in [0.15, 0.2) is 24.3 Å². The predicted octanol–water partition coefficient (Wildman–Crippen LogP) is 4.09. The third-order valence-electron chi connectivity index (χ3n) is 5.21. The van der Waals surface area contributed by atoms with Crippen LogP contribution in [-0.4, -0.2) is 34.5 Å². The van der Waals surface area contributed by atoms with Crippen LogP contribution in [0.5, 0.6) is 0 Å². The van der Waals surface area contributed by atoms with Crippen LogP contribution in [0.3, 0.4) is 0 Å². The Labute approximate surface area is 145 Å². The molecule has 2 heterocycles. The number of hydrogen-bond donors (Lipinski definition) is 2. The molecule has 2 saturated heterocycles. The molecular formula is C20H32O4. The molecule has 4 heteroatoms. The molecule has 5 atom stereocenters. The molecule has 0 aromatic rings. The van der Waals surface area contributed by atoms with E-state index < -0.39 is 5.97 Å². The van der Waals surface area contributed by atoms with Gasteiger partial charge in [-0.2, -0.15) is 0 Å². The number of aliphatic hydroxyl groups excluding tert-OH is 1. The summed E-state index contributed by atoms with van der Waals surface area (Å²) in [6.45, 7) is 2.17. The van der Waals surface area contributed by atoms with Gasteiger partial charge in [0, 0.05) is 18.8 Å². The summed E-state index contributed by atoms with van der Waals surface area (Å²) in [4.78, 5) is 10.5. The topological polar surface area (TPSA) is 66.8 Å². The highest BCUT2D eigenvalue weighted by atomic mass is 16.5. The first-order valence-electron chi connectivity index (χ1n) is 9.50. The molecule has 0 aromatic heterocycles. The van der Waals surface area contributed by atoms with E-state index in [2.05, 4.69) is 25.2 Å². The van der Waals surface area contributed by atoms with Gasteiger partial charge in [0.1, 0.15) is 0 Å². The fraction of sp³-hybridized carbons (Fsp3) is 0.750. The number of ether oxygens (including phenoxy) is 1. The number of allylic oxidation sites excluding steroid dienone is 2. The number of carboxylic acid groups (broad SMARTS) is 1. The smallest absolute Gasteiger partial charge is 0.303 e. The Bertz CT molecular complexity index is 437. The minimum absolute atomic E-state index is 0.239. The summed E-state index contributed by atoms with van der Waals surface area (Å²) in [5, 5.41) is 18.7. The largest absolute Gasteiger partial charge is 0.481 e. The van der Waals surface area contributed by atoms with Gasteiger partial charge in [0.25, 0.3) is 0 Å². The number of hydrogen-bond acceptors (Lipinski definition) is 3. The highest BCUT2D eigenvalue weighted by Gasteiger charge is 2.51. The number of carbonyl (C=O) groups is 1. The molecule has 5 unspecified atom stereocenters. The molecule has 2 bridgehead atoms. The number of fused-ring (bicyclic) bond motifs is 1. The minimum atomic E-state index is -0.726. The summed E-state index contributed by atoms with van der Waals surface area (Å²) < 4.78 is 5.87. The van der Waals surface area contributed by atoms with Crippen molar-refractivity contribution in [2.24, 2.45) is 11.8 Å². The van der Waals surface area contributed by atoms with E-state index >= 15 is 0 Å². The Morgan fingerprint density at radius 3 is 2.75 bits per heavy atom. The summed E-state index contributed by atoms with van der Waals surface area (Å²) in [6, 6.07) is 0. The first-order valence-corrected chi connectivity index (χ1v) is 9.50. The zero-order valence-corrected chi connectivity index (χ0v) is 14.8. The van der Waals surface area contributed by atoms with Gasteiger partial charge >= 0.3 is 5.97 Å². The maximum Gasteiger partial charge on any atom is 0.303 e. The summed E-state index contributed by atoms with van der Waals surface area (Å²) in [5.74, 6) is 0.195. The number of rotatable bonds is 12. The Kier molecular flexibility index (Phi) is 8.00. The van der Waals surface area contributed by atoms with Crippen molar-refractivity contribution in [3.63, 3.8) is 0 Å². The summed E-state index contributed by atoms with van der Waals surface area (Å²) >= 11 is 0. The molecule has 0 radical (unpaired) electrons. The van der Waals surface area contributed by atoms with Crippen LogP contribution in [-0.2, 0) is 9.53 Å². The number of aliphatic hydroxyl groups is 1. The molecule has 3 fully saturated rings. The minimum Gasteiger partial charge on any atom is -0.481 e. The zero-order valence-electron chi connectivity index (χ0n) is 14.8. The van der Waals surface area contributed by atoms with Crippen LogP contribution in [0.4, 0.5) is 0 Å². The van der Waals surface area contributed by atoms with Gasteiger partial charge in [-0.1, -0.05) is 50.5 Å². The van der Waals surface area contributed by atoms with Crippen LogP contribution >= 0.6 is 0 Å². The molecule has 136 valence electrons. The zero-order chi connectivity index (χ0) is 17.4. The van der Waals surface area contributed by atoms with E-state index in [0.29, 0.717) is 30.5 Å². The fourth-order valence-electron chi connectivity index (χ4n) is 3.76. The lowest BCUT2D eigenvalue weighted by atomic mass is 9.91. The van der Waals surface area contributed by atoms with E-state index in [4.69, 9.17) is 9.84 Å². The van der Waals surface area contributed by atoms with E-state index in [9.17, 15) is 9.90 Å². The van der Waals surface area contributed by atoms with Gasteiger partial charge in [0.15, 0.2) is 0 Å². The fourth-order valence-corrected chi connectivity index (χ4v) is 3.76. The number of carboxylic acids is 1. The standard InChI is InChI=1S/C20H32O4/c1-2-3-6-9-15(21)12-13-17-16(18-14-19(17)24-18)10-7-4-5-8-11-20(22)23/h4,7,12-13,15-19,21H,2-3,5-6,8-11,14H2,1H3,(H,22,23)/b7-4+,13-12+. The van der Waals surface area contributed by atoms with Crippen LogP contribution < -0.4 is 0 Å². The van der Waals surface area contributed by atoms with E-state index in [1.165, 1.54) is 12.8 Å². The van der Waals surface area contributed by atoms with Crippen LogP contribution in [0, 0.1) is 11.8 Å². The van der Waals surface area contributed by atoms with Gasteiger partial charge in [-0.15, -0.1) is 0 Å². The second-order valence-corrected chi connectivity index (χ2v) is 7.13. The first kappa shape index (κ1) is 19.2. The lowest BCUT2D eigenvalue weighted by Crippen LogP contribution is -2.29. The Balaban J connectivity index is 1.72. The predicted molar refractivity (Wildman–Crippen MR) is 94.8 cm³/mol. The molecule has 3 aliphatic rings. The lowest BCUT2D eigenvalue weighted by Gasteiger charge is -2.25. The molecule has 0 amide bonds. The molecule has 2 N–H and O–H groups in total. The monoisotopic (exact) mass is 336 g/mol. The van der Waals surface area contributed by atoms with Gasteiger partial charge < -0.3 is 14.9 Å². The summed E-state index contributed by atoms with van der Waals surface area (Å²) in [5.41, 5.74) is 0. The van der Waals surface area contributed by atoms with Crippen LogP contribution in [0.25, 0.3) is 0 Å². The number of aliphatic carboxylic acids is 1. The second kappa shape index (κ2) is 10.00. The molecule has 1 saturated carbocycles. The molecule has 0 spiro atoms. The molecule has 24 heavy (non-hydrogen) atoms. The van der Waals surface area contributed by atoms with Crippen molar-refractivity contribution in [3.05, 3.63) is 24.3 Å². The highest BCUT2D eigenvalue weighted by Crippen LogP contribution is 2.48. The van der Waals surface area contributed by atoms with E-state index in [-0.39, 0.29) is 12.5 Å². The van der Waals surface area contributed by atoms with Crippen LogP contribution in [0.1, 0.15) is 64.7 Å². The molecule has 2 aliphatic heterocycles. The number of unbranched alkanes of at least 4 members (excludes halogenated alkanes) is 3.